The second kappa shape index (κ2) is 6.84. The van der Waals surface area contributed by atoms with Crippen LogP contribution < -0.4 is 5.73 Å². The molecule has 1 aliphatic heterocycles. The Morgan fingerprint density at radius 1 is 1.17 bits per heavy atom. The minimum absolute atomic E-state index is 0.107. The van der Waals surface area contributed by atoms with E-state index >= 15 is 0 Å². The van der Waals surface area contributed by atoms with Gasteiger partial charge in [-0.05, 0) is 17.7 Å². The van der Waals surface area contributed by atoms with Crippen molar-refractivity contribution in [3.8, 4) is 0 Å². The molecule has 0 saturated carbocycles. The fourth-order valence-electron chi connectivity index (χ4n) is 2.28. The molecule has 0 bridgehead atoms. The Morgan fingerprint density at radius 2 is 1.92 bits per heavy atom. The molecule has 124 valence electrons. The van der Waals surface area contributed by atoms with E-state index in [2.05, 4.69) is 0 Å². The molecule has 2 unspecified atom stereocenters. The highest BCUT2D eigenvalue weighted by Gasteiger charge is 2.38. The van der Waals surface area contributed by atoms with Crippen LogP contribution in [0, 0.1) is 5.82 Å². The Hall–Kier alpha value is -2.67. The molecule has 0 spiro atoms. The number of carbonyl (C=O) groups is 1. The van der Waals surface area contributed by atoms with Crippen LogP contribution >= 0.6 is 0 Å². The third-order valence-electron chi connectivity index (χ3n) is 3.39. The van der Waals surface area contributed by atoms with Crippen LogP contribution in [0.5, 0.6) is 0 Å². The van der Waals surface area contributed by atoms with Gasteiger partial charge in [-0.1, -0.05) is 42.5 Å². The van der Waals surface area contributed by atoms with Gasteiger partial charge in [0.2, 0.25) is 28.5 Å². The van der Waals surface area contributed by atoms with Gasteiger partial charge in [0.05, 0.1) is 5.75 Å². The van der Waals surface area contributed by atoms with Crippen LogP contribution in [0.2, 0.25) is 0 Å². The lowest BCUT2D eigenvalue weighted by Gasteiger charge is -2.09. The van der Waals surface area contributed by atoms with Crippen molar-refractivity contribution in [1.29, 1.82) is 0 Å². The summed E-state index contributed by atoms with van der Waals surface area (Å²) in [5.74, 6) is -1.52. The molecule has 0 radical (unpaired) electrons. The fraction of sp³-hybridized carbons (Fsp3) is 0.118. The van der Waals surface area contributed by atoms with Crippen LogP contribution in [0.15, 0.2) is 66.2 Å². The van der Waals surface area contributed by atoms with E-state index in [1.54, 1.807) is 18.2 Å². The number of rotatable bonds is 5. The first kappa shape index (κ1) is 16.2. The second-order valence-electron chi connectivity index (χ2n) is 5.13. The predicted octanol–water partition coefficient (Wildman–Crippen LogP) is 2.47. The smallest absolute Gasteiger partial charge is 0.249 e. The van der Waals surface area contributed by atoms with Gasteiger partial charge in [-0.15, -0.1) is 0 Å². The van der Waals surface area contributed by atoms with E-state index in [4.69, 9.17) is 14.7 Å². The van der Waals surface area contributed by atoms with Crippen molar-refractivity contribution in [3.05, 3.63) is 83.2 Å². The van der Waals surface area contributed by atoms with Crippen LogP contribution in [0.1, 0.15) is 17.2 Å². The lowest BCUT2D eigenvalue weighted by Crippen LogP contribution is -2.13. The molecule has 2 N–H and O–H groups in total. The topological polar surface area (TPSA) is 78.6 Å². The summed E-state index contributed by atoms with van der Waals surface area (Å²) in [6.07, 6.45) is -1.09. The van der Waals surface area contributed by atoms with Gasteiger partial charge in [0.25, 0.3) is 0 Å². The summed E-state index contributed by atoms with van der Waals surface area (Å²) in [4.78, 5) is 12.4. The molecule has 1 aliphatic rings. The van der Waals surface area contributed by atoms with E-state index in [1.807, 2.05) is 18.2 Å². The molecule has 0 saturated heterocycles. The van der Waals surface area contributed by atoms with Crippen molar-refractivity contribution < 1.29 is 22.3 Å². The summed E-state index contributed by atoms with van der Waals surface area (Å²) in [5, 5.41) is 0. The fourth-order valence-corrected chi connectivity index (χ4v) is 3.15. The number of benzene rings is 2. The van der Waals surface area contributed by atoms with E-state index in [-0.39, 0.29) is 17.4 Å². The summed E-state index contributed by atoms with van der Waals surface area (Å²) in [5.41, 5.74) is 6.77. The normalized spacial score (nSPS) is 18.4. The van der Waals surface area contributed by atoms with Crippen molar-refractivity contribution in [2.45, 2.75) is 11.9 Å². The SMILES string of the molecule is NC1=C(OS(=O)Cc2ccccc2)C(=O)C(c2cccc(F)c2)O1. The van der Waals surface area contributed by atoms with Crippen LogP contribution in [-0.2, 0) is 30.5 Å². The molecule has 2 aromatic rings. The van der Waals surface area contributed by atoms with Crippen molar-refractivity contribution >= 4 is 16.9 Å². The highest BCUT2D eigenvalue weighted by atomic mass is 32.2. The number of ether oxygens (including phenoxy) is 1. The molecule has 3 rings (SSSR count). The number of carbonyl (C=O) groups excluding carboxylic acids is 1. The first-order valence-electron chi connectivity index (χ1n) is 7.11. The summed E-state index contributed by atoms with van der Waals surface area (Å²) in [6.45, 7) is 0. The summed E-state index contributed by atoms with van der Waals surface area (Å²) in [6, 6.07) is 14.5. The van der Waals surface area contributed by atoms with E-state index < -0.39 is 28.8 Å². The summed E-state index contributed by atoms with van der Waals surface area (Å²) in [7, 11) is 0. The van der Waals surface area contributed by atoms with Crippen molar-refractivity contribution in [3.63, 3.8) is 0 Å². The second-order valence-corrected chi connectivity index (χ2v) is 6.19. The summed E-state index contributed by atoms with van der Waals surface area (Å²) < 4.78 is 35.8. The first-order chi connectivity index (χ1) is 11.5. The number of halogens is 1. The molecule has 0 amide bonds. The average Bonchev–Trinajstić information content (AvgIpc) is 2.84. The van der Waals surface area contributed by atoms with Gasteiger partial charge >= 0.3 is 0 Å². The van der Waals surface area contributed by atoms with Crippen LogP contribution in [0.4, 0.5) is 4.39 Å². The van der Waals surface area contributed by atoms with E-state index in [0.717, 1.165) is 5.56 Å². The van der Waals surface area contributed by atoms with Gasteiger partial charge in [0.1, 0.15) is 5.82 Å². The van der Waals surface area contributed by atoms with Gasteiger partial charge < -0.3 is 14.7 Å². The highest BCUT2D eigenvalue weighted by molar-refractivity contribution is 7.79. The van der Waals surface area contributed by atoms with E-state index in [1.165, 1.54) is 18.2 Å². The quantitative estimate of drug-likeness (QED) is 0.899. The molecule has 1 heterocycles. The molecular formula is C17H14FNO4S. The van der Waals surface area contributed by atoms with Crippen molar-refractivity contribution in [2.24, 2.45) is 5.73 Å². The monoisotopic (exact) mass is 347 g/mol. The Bertz CT molecular complexity index is 822. The molecule has 5 nitrogen and oxygen atoms in total. The third kappa shape index (κ3) is 3.46. The number of ketones is 1. The number of hydrogen-bond acceptors (Lipinski definition) is 5. The minimum Gasteiger partial charge on any atom is -0.460 e. The first-order valence-corrected chi connectivity index (χ1v) is 8.35. The largest absolute Gasteiger partial charge is 0.460 e. The van der Waals surface area contributed by atoms with Crippen LogP contribution in [0.25, 0.3) is 0 Å². The molecule has 0 aromatic heterocycles. The molecule has 0 fully saturated rings. The minimum atomic E-state index is -1.79. The van der Waals surface area contributed by atoms with Gasteiger partial charge in [-0.25, -0.2) is 8.60 Å². The third-order valence-corrected chi connectivity index (χ3v) is 4.31. The van der Waals surface area contributed by atoms with Gasteiger partial charge in [-0.3, -0.25) is 4.79 Å². The molecule has 2 aromatic carbocycles. The number of nitrogens with two attached hydrogens (primary N) is 1. The maximum atomic E-state index is 13.3. The molecular weight excluding hydrogens is 333 g/mol. The van der Waals surface area contributed by atoms with Gasteiger partial charge in [-0.2, -0.15) is 0 Å². The van der Waals surface area contributed by atoms with Crippen LogP contribution in [0.3, 0.4) is 0 Å². The van der Waals surface area contributed by atoms with Gasteiger partial charge in [0.15, 0.2) is 6.10 Å². The lowest BCUT2D eigenvalue weighted by atomic mass is 10.1. The highest BCUT2D eigenvalue weighted by Crippen LogP contribution is 2.32. The zero-order chi connectivity index (χ0) is 17.1. The molecule has 24 heavy (non-hydrogen) atoms. The van der Waals surface area contributed by atoms with Crippen molar-refractivity contribution in [1.82, 2.24) is 0 Å². The molecule has 2 atom stereocenters. The predicted molar refractivity (Wildman–Crippen MR) is 85.8 cm³/mol. The standard InChI is InChI=1S/C17H14FNO4S/c18-13-8-4-7-12(9-13)15-14(20)16(17(19)22-15)23-24(21)10-11-5-2-1-3-6-11/h1-9,15H,10,19H2. The Labute approximate surface area is 140 Å². The lowest BCUT2D eigenvalue weighted by molar-refractivity contribution is -0.123. The summed E-state index contributed by atoms with van der Waals surface area (Å²) >= 11 is -1.79. The van der Waals surface area contributed by atoms with Crippen LogP contribution in [-0.4, -0.2) is 9.99 Å². The zero-order valence-electron chi connectivity index (χ0n) is 12.5. The van der Waals surface area contributed by atoms with E-state index in [9.17, 15) is 13.4 Å². The van der Waals surface area contributed by atoms with Crippen molar-refractivity contribution in [2.75, 3.05) is 0 Å². The maximum Gasteiger partial charge on any atom is 0.249 e. The maximum absolute atomic E-state index is 13.3. The molecule has 7 heteroatoms. The van der Waals surface area contributed by atoms with Gasteiger partial charge in [0, 0.05) is 5.56 Å². The number of Topliss-reactive ketones (excluding diaryl/α,β-unsaturated/α-hetero) is 1. The average molecular weight is 347 g/mol. The Morgan fingerprint density at radius 3 is 2.62 bits per heavy atom. The Balaban J connectivity index is 1.71. The van der Waals surface area contributed by atoms with E-state index in [0.29, 0.717) is 5.56 Å². The zero-order valence-corrected chi connectivity index (χ0v) is 13.3. The Kier molecular flexibility index (Phi) is 4.61. The molecule has 0 aliphatic carbocycles. The number of hydrogen-bond donors (Lipinski definition) is 1.